The summed E-state index contributed by atoms with van der Waals surface area (Å²) in [4.78, 5) is 27.3. The molecule has 0 bridgehead atoms. The van der Waals surface area contributed by atoms with E-state index in [-0.39, 0.29) is 28.8 Å². The van der Waals surface area contributed by atoms with Crippen molar-refractivity contribution in [2.24, 2.45) is 5.73 Å². The van der Waals surface area contributed by atoms with Gasteiger partial charge in [0.05, 0.1) is 33.4 Å². The van der Waals surface area contributed by atoms with Crippen LogP contribution in [0.1, 0.15) is 36.3 Å². The molecule has 0 saturated carbocycles. The van der Waals surface area contributed by atoms with E-state index in [1.165, 1.54) is 23.1 Å². The van der Waals surface area contributed by atoms with Crippen LogP contribution in [0.4, 0.5) is 5.13 Å². The lowest BCUT2D eigenvalue weighted by molar-refractivity contribution is -0.118. The summed E-state index contributed by atoms with van der Waals surface area (Å²) in [6.07, 6.45) is 2.37. The molecule has 5 rings (SSSR count). The predicted octanol–water partition coefficient (Wildman–Crippen LogP) is 5.60. The third-order valence-corrected chi connectivity index (χ3v) is 9.46. The number of halogens is 2. The van der Waals surface area contributed by atoms with Gasteiger partial charge in [0.15, 0.2) is 10.1 Å². The monoisotopic (exact) mass is 610 g/mol. The van der Waals surface area contributed by atoms with E-state index in [0.29, 0.717) is 62.2 Å². The van der Waals surface area contributed by atoms with E-state index < -0.39 is 5.92 Å². The van der Waals surface area contributed by atoms with Gasteiger partial charge in [-0.25, -0.2) is 0 Å². The molecule has 2 heterocycles. The molecule has 1 aromatic heterocycles. The number of benzene rings is 2. The van der Waals surface area contributed by atoms with Crippen LogP contribution in [-0.4, -0.2) is 34.2 Å². The zero-order valence-electron chi connectivity index (χ0n) is 21.2. The molecule has 1 amide bonds. The number of allylic oxidation sites excluding steroid dienone is 3. The molecule has 2 aromatic carbocycles. The second-order valence-corrected chi connectivity index (χ2v) is 12.2. The number of nitrogens with zero attached hydrogens (tertiary/aromatic N) is 4. The van der Waals surface area contributed by atoms with Gasteiger partial charge in [0, 0.05) is 24.2 Å². The normalized spacial score (nSPS) is 17.1. The average Bonchev–Trinajstić information content (AvgIpc) is 3.42. The van der Waals surface area contributed by atoms with Crippen LogP contribution in [0.5, 0.6) is 0 Å². The van der Waals surface area contributed by atoms with Gasteiger partial charge in [0.25, 0.3) is 0 Å². The minimum Gasteiger partial charge on any atom is -0.384 e. The highest BCUT2D eigenvalue weighted by atomic mass is 35.5. The molecule has 204 valence electrons. The number of hydrogen-bond acceptors (Lipinski definition) is 9. The number of ketones is 1. The van der Waals surface area contributed by atoms with Crippen LogP contribution in [-0.2, 0) is 16.0 Å². The number of carbonyl (C=O) groups excluding carboxylic acids is 2. The Morgan fingerprint density at radius 2 is 1.98 bits per heavy atom. The number of thioether (sulfide) groups is 1. The second kappa shape index (κ2) is 12.4. The number of hydrogen-bond donors (Lipinski definition) is 2. The van der Waals surface area contributed by atoms with Crippen molar-refractivity contribution in [1.82, 2.24) is 15.5 Å². The molecule has 0 saturated heterocycles. The fourth-order valence-electron chi connectivity index (χ4n) is 4.85. The summed E-state index contributed by atoms with van der Waals surface area (Å²) in [6, 6.07) is 17.2. The van der Waals surface area contributed by atoms with Gasteiger partial charge in [0.2, 0.25) is 11.0 Å². The van der Waals surface area contributed by atoms with Crippen LogP contribution in [0, 0.1) is 11.3 Å². The predicted molar refractivity (Wildman–Crippen MR) is 158 cm³/mol. The Balaban J connectivity index is 1.35. The van der Waals surface area contributed by atoms with Crippen molar-refractivity contribution in [3.8, 4) is 6.07 Å². The highest BCUT2D eigenvalue weighted by molar-refractivity contribution is 8.01. The number of aromatic nitrogens is 2. The molecule has 3 N–H and O–H groups in total. The Morgan fingerprint density at radius 3 is 2.73 bits per heavy atom. The van der Waals surface area contributed by atoms with E-state index >= 15 is 0 Å². The Labute approximate surface area is 249 Å². The van der Waals surface area contributed by atoms with Crippen LogP contribution >= 0.6 is 46.3 Å². The lowest BCUT2D eigenvalue weighted by atomic mass is 9.76. The molecular weight excluding hydrogens is 587 g/mol. The molecule has 0 radical (unpaired) electrons. The maximum Gasteiger partial charge on any atom is 0.230 e. The summed E-state index contributed by atoms with van der Waals surface area (Å²) in [5.74, 6) is -0.425. The molecule has 40 heavy (non-hydrogen) atoms. The Kier molecular flexibility index (Phi) is 8.76. The van der Waals surface area contributed by atoms with Crippen LogP contribution < -0.4 is 16.0 Å². The van der Waals surface area contributed by atoms with Gasteiger partial charge in [0.1, 0.15) is 5.82 Å². The van der Waals surface area contributed by atoms with Crippen molar-refractivity contribution >= 4 is 63.1 Å². The minimum absolute atomic E-state index is 0.0474. The fraction of sp³-hybridized carbons (Fsp3) is 0.250. The number of nitrogens with one attached hydrogen (secondary N) is 1. The first-order valence-corrected chi connectivity index (χ1v) is 15.1. The first kappa shape index (κ1) is 28.2. The second-order valence-electron chi connectivity index (χ2n) is 9.21. The van der Waals surface area contributed by atoms with Crippen LogP contribution in [0.3, 0.4) is 0 Å². The zero-order valence-corrected chi connectivity index (χ0v) is 24.3. The van der Waals surface area contributed by atoms with Gasteiger partial charge in [-0.1, -0.05) is 82.7 Å². The van der Waals surface area contributed by atoms with E-state index in [4.69, 9.17) is 28.9 Å². The first-order chi connectivity index (χ1) is 19.4. The number of Topliss-reactive ketones (excluding diaryl/α,β-unsaturated/α-hetero) is 1. The molecule has 1 aliphatic heterocycles. The zero-order chi connectivity index (χ0) is 28.2. The lowest BCUT2D eigenvalue weighted by Crippen LogP contribution is -2.38. The van der Waals surface area contributed by atoms with E-state index in [0.717, 1.165) is 12.0 Å². The molecule has 3 aromatic rings. The van der Waals surface area contributed by atoms with Crippen molar-refractivity contribution in [2.45, 2.75) is 35.9 Å². The topological polar surface area (TPSA) is 125 Å². The van der Waals surface area contributed by atoms with Crippen molar-refractivity contribution < 1.29 is 9.59 Å². The molecule has 1 unspecified atom stereocenters. The lowest BCUT2D eigenvalue weighted by Gasteiger charge is -2.38. The summed E-state index contributed by atoms with van der Waals surface area (Å²) in [6.45, 7) is 0.543. The van der Waals surface area contributed by atoms with Crippen LogP contribution in [0.2, 0.25) is 10.0 Å². The van der Waals surface area contributed by atoms with E-state index in [1.54, 1.807) is 23.1 Å². The summed E-state index contributed by atoms with van der Waals surface area (Å²) < 4.78 is 0.579. The maximum atomic E-state index is 13.3. The van der Waals surface area contributed by atoms with Crippen LogP contribution in [0.15, 0.2) is 75.5 Å². The minimum atomic E-state index is -0.653. The highest BCUT2D eigenvalue weighted by Gasteiger charge is 2.41. The Morgan fingerprint density at radius 1 is 1.18 bits per heavy atom. The maximum absolute atomic E-state index is 13.3. The number of amides is 1. The molecule has 12 heteroatoms. The van der Waals surface area contributed by atoms with Gasteiger partial charge in [-0.3, -0.25) is 14.5 Å². The number of anilines is 1. The molecule has 0 spiro atoms. The van der Waals surface area contributed by atoms with Crippen molar-refractivity contribution in [2.75, 3.05) is 17.2 Å². The summed E-state index contributed by atoms with van der Waals surface area (Å²) in [5, 5.41) is 22.8. The summed E-state index contributed by atoms with van der Waals surface area (Å²) in [7, 11) is 0. The third kappa shape index (κ3) is 5.88. The van der Waals surface area contributed by atoms with Crippen molar-refractivity contribution in [3.05, 3.63) is 92.4 Å². The molecule has 8 nitrogen and oxygen atoms in total. The highest BCUT2D eigenvalue weighted by Crippen LogP contribution is 2.47. The molecule has 1 atom stereocenters. The quantitative estimate of drug-likeness (QED) is 0.316. The number of nitriles is 1. The van der Waals surface area contributed by atoms with Crippen molar-refractivity contribution in [1.29, 1.82) is 5.26 Å². The van der Waals surface area contributed by atoms with E-state index in [2.05, 4.69) is 21.6 Å². The van der Waals surface area contributed by atoms with Gasteiger partial charge >= 0.3 is 0 Å². The van der Waals surface area contributed by atoms with Gasteiger partial charge in [-0.2, -0.15) is 5.26 Å². The third-order valence-electron chi connectivity index (χ3n) is 6.68. The first-order valence-electron chi connectivity index (χ1n) is 12.6. The molecule has 2 aliphatic rings. The standard InChI is InChI=1S/C28H24Cl2N6O2S2/c29-19-10-9-17(13-20(19)30)24-18(14-31)26(32)36(21-7-4-8-22(37)25(21)24)27-34-35-28(40-27)39-15-23(38)33-12-11-16-5-2-1-3-6-16/h1-3,5-6,9-10,13,24H,4,7-8,11-12,15,32H2,(H,33,38). The summed E-state index contributed by atoms with van der Waals surface area (Å²) >= 11 is 14.9. The Bertz CT molecular complexity index is 1560. The van der Waals surface area contributed by atoms with Crippen LogP contribution in [0.25, 0.3) is 0 Å². The largest absolute Gasteiger partial charge is 0.384 e. The van der Waals surface area contributed by atoms with Gasteiger partial charge < -0.3 is 11.1 Å². The Hall–Kier alpha value is -3.36. The van der Waals surface area contributed by atoms with Gasteiger partial charge in [-0.05, 0) is 42.5 Å². The van der Waals surface area contributed by atoms with Gasteiger partial charge in [-0.15, -0.1) is 10.2 Å². The summed E-state index contributed by atoms with van der Waals surface area (Å²) in [5.41, 5.74) is 9.87. The van der Waals surface area contributed by atoms with E-state index in [9.17, 15) is 14.9 Å². The molecular formula is C28H24Cl2N6O2S2. The number of rotatable bonds is 8. The fourth-order valence-corrected chi connectivity index (χ4v) is 6.87. The van der Waals surface area contributed by atoms with E-state index in [1.807, 2.05) is 30.3 Å². The average molecular weight is 612 g/mol. The molecule has 1 aliphatic carbocycles. The number of nitrogens with two attached hydrogens (primary N) is 1. The molecule has 0 fully saturated rings. The van der Waals surface area contributed by atoms with Crippen molar-refractivity contribution in [3.63, 3.8) is 0 Å². The smallest absolute Gasteiger partial charge is 0.230 e. The number of carbonyl (C=O) groups is 2. The SMILES string of the molecule is N#CC1=C(N)N(c2nnc(SCC(=O)NCCc3ccccc3)s2)C2=C(C(=O)CCC2)C1c1ccc(Cl)c(Cl)c1.